The quantitative estimate of drug-likeness (QED) is 0.606. The first kappa shape index (κ1) is 27.0. The van der Waals surface area contributed by atoms with E-state index in [4.69, 9.17) is 10.5 Å². The number of likely N-dealkylation sites (tertiary alicyclic amines) is 2. The molecule has 8 nitrogen and oxygen atoms in total. The maximum absolute atomic E-state index is 14.2. The van der Waals surface area contributed by atoms with Crippen molar-refractivity contribution < 1.29 is 19.1 Å². The van der Waals surface area contributed by atoms with Crippen molar-refractivity contribution in [3.63, 3.8) is 0 Å². The zero-order valence-corrected chi connectivity index (χ0v) is 23.1. The van der Waals surface area contributed by atoms with E-state index in [0.29, 0.717) is 37.8 Å². The number of hydrogen-bond donors (Lipinski definition) is 1. The van der Waals surface area contributed by atoms with Crippen LogP contribution in [0.5, 0.6) is 5.75 Å². The molecule has 4 aliphatic rings. The van der Waals surface area contributed by atoms with Crippen molar-refractivity contribution in [2.45, 2.75) is 89.6 Å². The molecule has 3 aliphatic heterocycles. The van der Waals surface area contributed by atoms with E-state index in [1.165, 1.54) is 25.7 Å². The van der Waals surface area contributed by atoms with Crippen LogP contribution in [0.25, 0.3) is 0 Å². The average molecular weight is 525 g/mol. The fourth-order valence-electron chi connectivity index (χ4n) is 7.45. The highest BCUT2D eigenvalue weighted by Crippen LogP contribution is 2.45. The third-order valence-corrected chi connectivity index (χ3v) is 9.78. The zero-order chi connectivity index (χ0) is 26.9. The first-order valence-electron chi connectivity index (χ1n) is 14.7. The van der Waals surface area contributed by atoms with Gasteiger partial charge >= 0.3 is 6.09 Å². The van der Waals surface area contributed by atoms with Crippen molar-refractivity contribution >= 4 is 17.9 Å². The van der Waals surface area contributed by atoms with Crippen LogP contribution in [0, 0.1) is 11.8 Å². The van der Waals surface area contributed by atoms with Gasteiger partial charge in [-0.1, -0.05) is 19.9 Å². The zero-order valence-electron chi connectivity index (χ0n) is 23.1. The highest BCUT2D eigenvalue weighted by atomic mass is 16.5. The second-order valence-corrected chi connectivity index (χ2v) is 12.2. The fraction of sp³-hybridized carbons (Fsp3) is 0.700. The van der Waals surface area contributed by atoms with Crippen molar-refractivity contribution in [1.29, 1.82) is 0 Å². The summed E-state index contributed by atoms with van der Waals surface area (Å²) in [5.74, 6) is 2.37. The predicted molar refractivity (Wildman–Crippen MR) is 146 cm³/mol. The molecule has 1 aromatic rings. The van der Waals surface area contributed by atoms with Crippen LogP contribution in [-0.4, -0.2) is 71.4 Å². The van der Waals surface area contributed by atoms with E-state index in [2.05, 4.69) is 18.7 Å². The molecule has 1 spiro atoms. The smallest absolute Gasteiger partial charge is 0.409 e. The molecule has 3 fully saturated rings. The van der Waals surface area contributed by atoms with Gasteiger partial charge in [0.2, 0.25) is 11.8 Å². The van der Waals surface area contributed by atoms with Crippen LogP contribution < -0.4 is 10.5 Å². The van der Waals surface area contributed by atoms with Gasteiger partial charge < -0.3 is 25.2 Å². The van der Waals surface area contributed by atoms with Gasteiger partial charge in [-0.05, 0) is 99.6 Å². The summed E-state index contributed by atoms with van der Waals surface area (Å²) in [6.45, 7) is 8.84. The molecule has 5 rings (SSSR count). The Morgan fingerprint density at radius 3 is 2.39 bits per heavy atom. The topological polar surface area (TPSA) is 96.2 Å². The Hall–Kier alpha value is -2.61. The van der Waals surface area contributed by atoms with E-state index in [1.54, 1.807) is 6.07 Å². The number of rotatable bonds is 6. The van der Waals surface area contributed by atoms with Crippen LogP contribution in [0.4, 0.5) is 4.79 Å². The molecular formula is C30H44N4O4. The molecule has 208 valence electrons. The first-order chi connectivity index (χ1) is 18.3. The molecule has 1 aromatic carbocycles. The molecule has 0 bridgehead atoms. The lowest BCUT2D eigenvalue weighted by molar-refractivity contribution is -0.144. The molecular weight excluding hydrogens is 480 g/mol. The minimum atomic E-state index is -0.840. The summed E-state index contributed by atoms with van der Waals surface area (Å²) in [6, 6.07) is 6.22. The molecule has 0 aromatic heterocycles. The number of amides is 3. The number of nitrogens with two attached hydrogens (primary N) is 1. The number of carbonyl (C=O) groups excluding carboxylic acids is 3. The summed E-state index contributed by atoms with van der Waals surface area (Å²) < 4.78 is 5.18. The van der Waals surface area contributed by atoms with Crippen LogP contribution >= 0.6 is 0 Å². The Morgan fingerprint density at radius 1 is 1.03 bits per heavy atom. The average Bonchev–Trinajstić information content (AvgIpc) is 2.91. The molecule has 2 saturated heterocycles. The van der Waals surface area contributed by atoms with Gasteiger partial charge in [-0.25, -0.2) is 4.79 Å². The Balaban J connectivity index is 1.34. The van der Waals surface area contributed by atoms with Crippen molar-refractivity contribution in [2.75, 3.05) is 32.7 Å². The Morgan fingerprint density at radius 2 is 1.74 bits per heavy atom. The number of hydrogen-bond acceptors (Lipinski definition) is 5. The number of carbonyl (C=O) groups is 3. The van der Waals surface area contributed by atoms with Crippen molar-refractivity contribution in [1.82, 2.24) is 14.7 Å². The predicted octanol–water partition coefficient (Wildman–Crippen LogP) is 4.05. The number of benzene rings is 1. The van der Waals surface area contributed by atoms with Crippen molar-refractivity contribution in [3.05, 3.63) is 29.3 Å². The molecule has 1 saturated carbocycles. The largest absolute Gasteiger partial charge is 0.410 e. The van der Waals surface area contributed by atoms with E-state index in [0.717, 1.165) is 68.3 Å². The summed E-state index contributed by atoms with van der Waals surface area (Å²) in [6.07, 6.45) is 8.43. The van der Waals surface area contributed by atoms with Crippen LogP contribution in [0.2, 0.25) is 0 Å². The number of nitrogens with zero attached hydrogens (tertiary/aromatic N) is 3. The number of fused-ring (bicyclic) bond motifs is 2. The number of piperidine rings is 2. The summed E-state index contributed by atoms with van der Waals surface area (Å²) in [7, 11) is 0. The molecule has 3 amide bonds. The second-order valence-electron chi connectivity index (χ2n) is 12.2. The van der Waals surface area contributed by atoms with Crippen LogP contribution in [0.15, 0.2) is 18.2 Å². The normalized spacial score (nSPS) is 26.1. The monoisotopic (exact) mass is 524 g/mol. The standard InChI is InChI=1S/C30H44N4O4/c1-21(2)22-6-8-24(9-7-22)32-15-12-30(13-16-32)26-11-10-25(38-29(31)37)19-23(26)20-34(28(30)36)18-17-33-14-4-3-5-27(33)35/h10-11,19,21-22,24H,3-9,12-18,20H2,1-2H3,(H2,31,37). The summed E-state index contributed by atoms with van der Waals surface area (Å²) in [5, 5.41) is 0. The summed E-state index contributed by atoms with van der Waals surface area (Å²) >= 11 is 0. The van der Waals surface area contributed by atoms with Crippen molar-refractivity contribution in [3.8, 4) is 5.75 Å². The third-order valence-electron chi connectivity index (χ3n) is 9.78. The Bertz CT molecular complexity index is 1040. The third kappa shape index (κ3) is 5.42. The van der Waals surface area contributed by atoms with Gasteiger partial charge in [0.05, 0.1) is 5.41 Å². The lowest BCUT2D eigenvalue weighted by Gasteiger charge is -2.50. The van der Waals surface area contributed by atoms with Gasteiger partial charge in [0.15, 0.2) is 0 Å². The Labute approximate surface area is 226 Å². The van der Waals surface area contributed by atoms with Crippen LogP contribution in [-0.2, 0) is 21.5 Å². The second kappa shape index (κ2) is 11.2. The van der Waals surface area contributed by atoms with Gasteiger partial charge in [0.25, 0.3) is 0 Å². The SMILES string of the molecule is CC(C)C1CCC(N2CCC3(CC2)C(=O)N(CCN2CCCCC2=O)Cc2cc(OC(N)=O)ccc23)CC1. The van der Waals surface area contributed by atoms with E-state index in [9.17, 15) is 14.4 Å². The first-order valence-corrected chi connectivity index (χ1v) is 14.7. The molecule has 1 aliphatic carbocycles. The van der Waals surface area contributed by atoms with Gasteiger partial charge in [-0.2, -0.15) is 0 Å². The molecule has 8 heteroatoms. The molecule has 3 heterocycles. The number of primary amides is 1. The fourth-order valence-corrected chi connectivity index (χ4v) is 7.45. The lowest BCUT2D eigenvalue weighted by Crippen LogP contribution is -2.58. The van der Waals surface area contributed by atoms with E-state index >= 15 is 0 Å². The molecule has 38 heavy (non-hydrogen) atoms. The highest BCUT2D eigenvalue weighted by Gasteiger charge is 2.49. The van der Waals surface area contributed by atoms with Gasteiger partial charge in [-0.3, -0.25) is 9.59 Å². The number of ether oxygens (including phenoxy) is 1. The van der Waals surface area contributed by atoms with Crippen molar-refractivity contribution in [2.24, 2.45) is 17.6 Å². The minimum Gasteiger partial charge on any atom is -0.410 e. The maximum atomic E-state index is 14.2. The van der Waals surface area contributed by atoms with Gasteiger partial charge in [0.1, 0.15) is 5.75 Å². The maximum Gasteiger partial charge on any atom is 0.409 e. The summed E-state index contributed by atoms with van der Waals surface area (Å²) in [4.78, 5) is 44.4. The molecule has 2 N–H and O–H groups in total. The molecule has 0 atom stereocenters. The van der Waals surface area contributed by atoms with E-state index < -0.39 is 11.5 Å². The lowest BCUT2D eigenvalue weighted by atomic mass is 9.67. The summed E-state index contributed by atoms with van der Waals surface area (Å²) in [5.41, 5.74) is 6.77. The van der Waals surface area contributed by atoms with E-state index in [1.807, 2.05) is 21.9 Å². The van der Waals surface area contributed by atoms with Crippen LogP contribution in [0.3, 0.4) is 0 Å². The highest BCUT2D eigenvalue weighted by molar-refractivity contribution is 5.91. The van der Waals surface area contributed by atoms with E-state index in [-0.39, 0.29) is 11.8 Å². The molecule has 0 radical (unpaired) electrons. The van der Waals surface area contributed by atoms with Gasteiger partial charge in [0, 0.05) is 38.6 Å². The molecule has 0 unspecified atom stereocenters. The van der Waals surface area contributed by atoms with Crippen LogP contribution in [0.1, 0.15) is 82.8 Å². The Kier molecular flexibility index (Phi) is 7.98. The van der Waals surface area contributed by atoms with Gasteiger partial charge in [-0.15, -0.1) is 0 Å². The minimum absolute atomic E-state index is 0.182.